The number of benzene rings is 1. The molecule has 0 bridgehead atoms. The number of nitrogens with zero attached hydrogens (tertiary/aromatic N) is 2. The Morgan fingerprint density at radius 3 is 2.62 bits per heavy atom. The van der Waals surface area contributed by atoms with E-state index in [1.54, 1.807) is 24.3 Å². The molecular weight excluding hydrogens is 416 g/mol. The van der Waals surface area contributed by atoms with Gasteiger partial charge < -0.3 is 9.52 Å². The van der Waals surface area contributed by atoms with E-state index < -0.39 is 22.2 Å². The number of hydrogen-bond donors (Lipinski definition) is 1. The topological polar surface area (TPSA) is 114 Å². The van der Waals surface area contributed by atoms with Crippen LogP contribution in [0.1, 0.15) is 25.5 Å². The molecular formula is C19H18N2O6S2. The Hall–Kier alpha value is -2.72. The van der Waals surface area contributed by atoms with Crippen molar-refractivity contribution in [1.82, 2.24) is 4.90 Å². The predicted molar refractivity (Wildman–Crippen MR) is 112 cm³/mol. The number of carbonyl (C=O) groups excluding carboxylic acids is 1. The van der Waals surface area contributed by atoms with Crippen molar-refractivity contribution in [2.75, 3.05) is 0 Å². The molecule has 2 heterocycles. The van der Waals surface area contributed by atoms with Crippen molar-refractivity contribution in [1.29, 1.82) is 0 Å². The van der Waals surface area contributed by atoms with Gasteiger partial charge in [0, 0.05) is 24.1 Å². The van der Waals surface area contributed by atoms with Crippen LogP contribution in [0.5, 0.6) is 0 Å². The van der Waals surface area contributed by atoms with Crippen molar-refractivity contribution in [3.05, 3.63) is 52.3 Å². The first-order valence-electron chi connectivity index (χ1n) is 8.91. The number of furan rings is 1. The van der Waals surface area contributed by atoms with Crippen molar-refractivity contribution in [2.45, 2.75) is 37.5 Å². The lowest BCUT2D eigenvalue weighted by Crippen LogP contribution is -2.45. The highest BCUT2D eigenvalue weighted by molar-refractivity contribution is 8.24. The molecule has 0 aliphatic carbocycles. The number of carbonyl (C=O) groups is 2. The van der Waals surface area contributed by atoms with Gasteiger partial charge in [-0.1, -0.05) is 37.3 Å². The second kappa shape index (κ2) is 8.75. The molecule has 3 rings (SSSR count). The van der Waals surface area contributed by atoms with E-state index in [0.717, 1.165) is 0 Å². The van der Waals surface area contributed by atoms with Crippen molar-refractivity contribution in [3.63, 3.8) is 0 Å². The summed E-state index contributed by atoms with van der Waals surface area (Å²) in [6.45, 7) is 1.85. The molecule has 2 unspecified atom stereocenters. The Labute approximate surface area is 176 Å². The minimum atomic E-state index is -1.07. The van der Waals surface area contributed by atoms with Crippen LogP contribution >= 0.6 is 24.0 Å². The number of carboxylic acids is 1. The number of thiocarbonyl (C=S) groups is 1. The summed E-state index contributed by atoms with van der Waals surface area (Å²) < 4.78 is 6.06. The summed E-state index contributed by atoms with van der Waals surface area (Å²) >= 11 is 6.42. The van der Waals surface area contributed by atoms with E-state index >= 15 is 0 Å². The standard InChI is InChI=1S/C19H18N2O6S2/c1-2-3-14(18(23)24)20-17(22)16(29-19(20)28)10-13-8-9-15(27-13)11-4-6-12(7-5-11)21(25)26/h4-9,14,16H,2-3,10H2,1H3,(H,23,24). The highest BCUT2D eigenvalue weighted by Crippen LogP contribution is 2.34. The third kappa shape index (κ3) is 4.48. The maximum absolute atomic E-state index is 12.8. The van der Waals surface area contributed by atoms with E-state index in [4.69, 9.17) is 16.6 Å². The molecule has 0 saturated carbocycles. The Morgan fingerprint density at radius 2 is 2.03 bits per heavy atom. The molecule has 1 fully saturated rings. The van der Waals surface area contributed by atoms with Crippen molar-refractivity contribution >= 4 is 45.9 Å². The molecule has 8 nitrogen and oxygen atoms in total. The summed E-state index contributed by atoms with van der Waals surface area (Å²) in [6.07, 6.45) is 1.22. The number of nitro benzene ring substituents is 1. The van der Waals surface area contributed by atoms with Gasteiger partial charge in [0.15, 0.2) is 0 Å². The molecule has 1 amide bonds. The molecule has 1 N–H and O–H groups in total. The summed E-state index contributed by atoms with van der Waals surface area (Å²) in [7, 11) is 0. The summed E-state index contributed by atoms with van der Waals surface area (Å²) in [5, 5.41) is 19.6. The van der Waals surface area contributed by atoms with Crippen molar-refractivity contribution < 1.29 is 24.0 Å². The van der Waals surface area contributed by atoms with Crippen LogP contribution in [0.15, 0.2) is 40.8 Å². The van der Waals surface area contributed by atoms with Gasteiger partial charge >= 0.3 is 5.97 Å². The molecule has 2 aromatic rings. The largest absolute Gasteiger partial charge is 0.480 e. The number of aliphatic carboxylic acids is 1. The lowest BCUT2D eigenvalue weighted by Gasteiger charge is -2.23. The first-order valence-corrected chi connectivity index (χ1v) is 10.2. The van der Waals surface area contributed by atoms with Crippen LogP contribution in [0.4, 0.5) is 5.69 Å². The molecule has 1 aromatic heterocycles. The lowest BCUT2D eigenvalue weighted by molar-refractivity contribution is -0.384. The van der Waals surface area contributed by atoms with E-state index in [-0.39, 0.29) is 22.3 Å². The van der Waals surface area contributed by atoms with Gasteiger partial charge in [0.05, 0.1) is 10.2 Å². The molecule has 0 radical (unpaired) electrons. The molecule has 1 saturated heterocycles. The van der Waals surface area contributed by atoms with Gasteiger partial charge in [0.2, 0.25) is 5.91 Å². The Morgan fingerprint density at radius 1 is 1.34 bits per heavy atom. The van der Waals surface area contributed by atoms with E-state index in [9.17, 15) is 24.8 Å². The van der Waals surface area contributed by atoms with Gasteiger partial charge in [-0.3, -0.25) is 19.8 Å². The quantitative estimate of drug-likeness (QED) is 0.378. The summed E-state index contributed by atoms with van der Waals surface area (Å²) in [5.41, 5.74) is 0.667. The maximum Gasteiger partial charge on any atom is 0.326 e. The maximum atomic E-state index is 12.8. The fourth-order valence-corrected chi connectivity index (χ4v) is 4.69. The summed E-state index contributed by atoms with van der Waals surface area (Å²) in [5.74, 6) is -0.313. The average molecular weight is 434 g/mol. The number of nitro groups is 1. The highest BCUT2D eigenvalue weighted by atomic mass is 32.2. The van der Waals surface area contributed by atoms with E-state index in [2.05, 4.69) is 0 Å². The third-order valence-electron chi connectivity index (χ3n) is 4.52. The summed E-state index contributed by atoms with van der Waals surface area (Å²) in [6, 6.07) is 8.48. The van der Waals surface area contributed by atoms with Crippen LogP contribution in [0.2, 0.25) is 0 Å². The molecule has 29 heavy (non-hydrogen) atoms. The first-order chi connectivity index (χ1) is 13.8. The fourth-order valence-electron chi connectivity index (χ4n) is 3.09. The molecule has 10 heteroatoms. The molecule has 1 aliphatic heterocycles. The molecule has 1 aliphatic rings. The molecule has 0 spiro atoms. The molecule has 2 atom stereocenters. The van der Waals surface area contributed by atoms with Gasteiger partial charge in [0.1, 0.15) is 21.9 Å². The Bertz CT molecular complexity index is 956. The van der Waals surface area contributed by atoms with Crippen LogP contribution < -0.4 is 0 Å². The second-order valence-corrected chi connectivity index (χ2v) is 8.33. The number of thioether (sulfide) groups is 1. The van der Waals surface area contributed by atoms with Gasteiger partial charge in [-0.2, -0.15) is 0 Å². The number of carboxylic acid groups (broad SMARTS) is 1. The highest BCUT2D eigenvalue weighted by Gasteiger charge is 2.43. The van der Waals surface area contributed by atoms with Gasteiger partial charge in [-0.15, -0.1) is 0 Å². The number of hydrogen-bond acceptors (Lipinski definition) is 7. The van der Waals surface area contributed by atoms with Crippen LogP contribution in [0.25, 0.3) is 11.3 Å². The van der Waals surface area contributed by atoms with Crippen LogP contribution in [0, 0.1) is 10.1 Å². The van der Waals surface area contributed by atoms with Crippen molar-refractivity contribution in [2.24, 2.45) is 0 Å². The minimum Gasteiger partial charge on any atom is -0.480 e. The third-order valence-corrected chi connectivity index (χ3v) is 6.06. The zero-order valence-corrected chi connectivity index (χ0v) is 17.1. The van der Waals surface area contributed by atoms with Gasteiger partial charge in [-0.05, 0) is 30.7 Å². The number of non-ortho nitro benzene ring substituents is 1. The van der Waals surface area contributed by atoms with Crippen molar-refractivity contribution in [3.8, 4) is 11.3 Å². The predicted octanol–water partition coefficient (Wildman–Crippen LogP) is 3.88. The van der Waals surface area contributed by atoms with E-state index in [0.29, 0.717) is 29.9 Å². The van der Waals surface area contributed by atoms with Crippen LogP contribution in [-0.2, 0) is 16.0 Å². The Balaban J connectivity index is 1.72. The monoisotopic (exact) mass is 434 g/mol. The first kappa shape index (κ1) is 21.0. The minimum absolute atomic E-state index is 0.0119. The van der Waals surface area contributed by atoms with Gasteiger partial charge in [0.25, 0.3) is 5.69 Å². The average Bonchev–Trinajstić information content (AvgIpc) is 3.25. The SMILES string of the molecule is CCCC(C(=O)O)N1C(=O)C(Cc2ccc(-c3ccc([N+](=O)[O-])cc3)o2)SC1=S. The summed E-state index contributed by atoms with van der Waals surface area (Å²) in [4.78, 5) is 35.8. The fraction of sp³-hybridized carbons (Fsp3) is 0.316. The number of rotatable bonds is 8. The smallest absolute Gasteiger partial charge is 0.326 e. The molecule has 1 aromatic carbocycles. The lowest BCUT2D eigenvalue weighted by atomic mass is 10.1. The second-order valence-electron chi connectivity index (χ2n) is 6.50. The van der Waals surface area contributed by atoms with E-state index in [1.165, 1.54) is 28.8 Å². The van der Waals surface area contributed by atoms with Crippen LogP contribution in [0.3, 0.4) is 0 Å². The molecule has 152 valence electrons. The zero-order chi connectivity index (χ0) is 21.1. The Kier molecular flexibility index (Phi) is 6.33. The zero-order valence-electron chi connectivity index (χ0n) is 15.4. The van der Waals surface area contributed by atoms with Crippen LogP contribution in [-0.4, -0.2) is 42.4 Å². The van der Waals surface area contributed by atoms with E-state index in [1.807, 2.05) is 6.92 Å². The number of amides is 1. The van der Waals surface area contributed by atoms with Gasteiger partial charge in [-0.25, -0.2) is 4.79 Å². The normalized spacial score (nSPS) is 17.6.